The first-order valence-electron chi connectivity index (χ1n) is 6.73. The Balaban J connectivity index is 1.90. The Morgan fingerprint density at radius 1 is 1.41 bits per heavy atom. The van der Waals surface area contributed by atoms with E-state index in [4.69, 9.17) is 5.73 Å². The van der Waals surface area contributed by atoms with Crippen LogP contribution in [0.3, 0.4) is 0 Å². The fourth-order valence-corrected chi connectivity index (χ4v) is 3.59. The van der Waals surface area contributed by atoms with Gasteiger partial charge in [-0.1, -0.05) is 13.8 Å². The van der Waals surface area contributed by atoms with Crippen LogP contribution in [0.2, 0.25) is 0 Å². The minimum Gasteiger partial charge on any atom is -0.330 e. The smallest absolute Gasteiger partial charge is 0.0328 e. The Kier molecular flexibility index (Phi) is 4.60. The first kappa shape index (κ1) is 13.1. The van der Waals surface area contributed by atoms with Crippen LogP contribution < -0.4 is 5.73 Å². The van der Waals surface area contributed by atoms with E-state index in [-0.39, 0.29) is 0 Å². The van der Waals surface area contributed by atoms with E-state index in [0.29, 0.717) is 5.92 Å². The van der Waals surface area contributed by atoms with Crippen LogP contribution in [0.25, 0.3) is 0 Å². The quantitative estimate of drug-likeness (QED) is 0.893. The van der Waals surface area contributed by atoms with E-state index in [1.807, 2.05) is 11.3 Å². The van der Waals surface area contributed by atoms with Gasteiger partial charge >= 0.3 is 0 Å². The molecule has 17 heavy (non-hydrogen) atoms. The molecule has 1 saturated heterocycles. The third-order valence-electron chi connectivity index (χ3n) is 3.95. The van der Waals surface area contributed by atoms with Crippen molar-refractivity contribution in [1.29, 1.82) is 0 Å². The zero-order chi connectivity index (χ0) is 12.3. The number of hydrogen-bond donors (Lipinski definition) is 1. The van der Waals surface area contributed by atoms with Gasteiger partial charge < -0.3 is 5.73 Å². The van der Waals surface area contributed by atoms with Gasteiger partial charge in [0.2, 0.25) is 0 Å². The molecule has 3 heteroatoms. The highest BCUT2D eigenvalue weighted by atomic mass is 32.1. The van der Waals surface area contributed by atoms with Crippen molar-refractivity contribution in [1.82, 2.24) is 4.90 Å². The number of thiophene rings is 1. The Morgan fingerprint density at radius 3 is 2.82 bits per heavy atom. The molecule has 2 heterocycles. The van der Waals surface area contributed by atoms with Gasteiger partial charge in [-0.2, -0.15) is 0 Å². The maximum atomic E-state index is 5.85. The molecule has 2 N–H and O–H groups in total. The summed E-state index contributed by atoms with van der Waals surface area (Å²) < 4.78 is 0. The maximum absolute atomic E-state index is 5.85. The topological polar surface area (TPSA) is 29.3 Å². The molecule has 0 radical (unpaired) electrons. The molecule has 0 saturated carbocycles. The summed E-state index contributed by atoms with van der Waals surface area (Å²) in [5.74, 6) is 1.49. The van der Waals surface area contributed by atoms with Crippen LogP contribution in [0, 0.1) is 11.8 Å². The highest BCUT2D eigenvalue weighted by Gasteiger charge is 2.25. The lowest BCUT2D eigenvalue weighted by atomic mass is 9.87. The molecule has 0 aliphatic carbocycles. The van der Waals surface area contributed by atoms with Gasteiger partial charge in [0.15, 0.2) is 0 Å². The van der Waals surface area contributed by atoms with Crippen LogP contribution in [-0.4, -0.2) is 24.5 Å². The Labute approximate surface area is 109 Å². The lowest BCUT2D eigenvalue weighted by molar-refractivity contribution is 0.127. The molecule has 0 aromatic carbocycles. The van der Waals surface area contributed by atoms with E-state index in [9.17, 15) is 0 Å². The zero-order valence-corrected chi connectivity index (χ0v) is 11.8. The van der Waals surface area contributed by atoms with Gasteiger partial charge in [0.25, 0.3) is 0 Å². The van der Waals surface area contributed by atoms with E-state index >= 15 is 0 Å². The van der Waals surface area contributed by atoms with E-state index in [0.717, 1.165) is 25.4 Å². The number of likely N-dealkylation sites (tertiary alicyclic amines) is 1. The third kappa shape index (κ3) is 3.30. The molecular formula is C14H24N2S. The molecular weight excluding hydrogens is 228 g/mol. The van der Waals surface area contributed by atoms with Gasteiger partial charge in [0, 0.05) is 22.8 Å². The molecule has 0 spiro atoms. The SMILES string of the molecule is CCc1ccc(CN2CCC(C)C(CN)C2)s1. The normalized spacial score (nSPS) is 26.3. The van der Waals surface area contributed by atoms with Gasteiger partial charge in [0.05, 0.1) is 0 Å². The van der Waals surface area contributed by atoms with Crippen molar-refractivity contribution in [3.8, 4) is 0 Å². The standard InChI is InChI=1S/C14H24N2S/c1-3-13-4-5-14(17-13)10-16-7-6-11(2)12(8-15)9-16/h4-5,11-12H,3,6-10,15H2,1-2H3. The summed E-state index contributed by atoms with van der Waals surface area (Å²) in [6.45, 7) is 8.93. The van der Waals surface area contributed by atoms with E-state index in [1.54, 1.807) is 0 Å². The summed E-state index contributed by atoms with van der Waals surface area (Å²) in [7, 11) is 0. The first-order chi connectivity index (χ1) is 8.22. The number of piperidine rings is 1. The lowest BCUT2D eigenvalue weighted by Gasteiger charge is -2.36. The molecule has 1 aromatic heterocycles. The molecule has 1 aromatic rings. The van der Waals surface area contributed by atoms with E-state index < -0.39 is 0 Å². The minimum atomic E-state index is 0.689. The number of hydrogen-bond acceptors (Lipinski definition) is 3. The summed E-state index contributed by atoms with van der Waals surface area (Å²) >= 11 is 1.96. The second kappa shape index (κ2) is 5.98. The van der Waals surface area contributed by atoms with Crippen LogP contribution in [0.1, 0.15) is 30.0 Å². The second-order valence-electron chi connectivity index (χ2n) is 5.22. The molecule has 2 nitrogen and oxygen atoms in total. The predicted molar refractivity (Wildman–Crippen MR) is 75.3 cm³/mol. The van der Waals surface area contributed by atoms with Crippen molar-refractivity contribution in [3.63, 3.8) is 0 Å². The Bertz CT molecular complexity index is 348. The minimum absolute atomic E-state index is 0.689. The molecule has 1 fully saturated rings. The van der Waals surface area contributed by atoms with E-state index in [1.165, 1.54) is 29.3 Å². The molecule has 1 aliphatic rings. The van der Waals surface area contributed by atoms with Crippen molar-refractivity contribution in [2.45, 2.75) is 33.2 Å². The van der Waals surface area contributed by atoms with Crippen molar-refractivity contribution < 1.29 is 0 Å². The number of aryl methyl sites for hydroxylation is 1. The molecule has 1 aliphatic heterocycles. The molecule has 0 bridgehead atoms. The van der Waals surface area contributed by atoms with Gasteiger partial charge in [-0.15, -0.1) is 11.3 Å². The highest BCUT2D eigenvalue weighted by molar-refractivity contribution is 7.11. The summed E-state index contributed by atoms with van der Waals surface area (Å²) in [6, 6.07) is 4.56. The summed E-state index contributed by atoms with van der Waals surface area (Å²) in [6.07, 6.45) is 2.46. The van der Waals surface area contributed by atoms with Crippen molar-refractivity contribution >= 4 is 11.3 Å². The largest absolute Gasteiger partial charge is 0.330 e. The fraction of sp³-hybridized carbons (Fsp3) is 0.714. The number of nitrogens with zero attached hydrogens (tertiary/aromatic N) is 1. The van der Waals surface area contributed by atoms with Gasteiger partial charge in [-0.3, -0.25) is 4.90 Å². The Morgan fingerprint density at radius 2 is 2.18 bits per heavy atom. The number of nitrogens with two attached hydrogens (primary N) is 1. The molecule has 96 valence electrons. The average Bonchev–Trinajstić information content (AvgIpc) is 2.79. The van der Waals surface area contributed by atoms with Crippen LogP contribution in [0.15, 0.2) is 12.1 Å². The monoisotopic (exact) mass is 252 g/mol. The fourth-order valence-electron chi connectivity index (χ4n) is 2.59. The van der Waals surface area contributed by atoms with Crippen LogP contribution >= 0.6 is 11.3 Å². The summed E-state index contributed by atoms with van der Waals surface area (Å²) in [4.78, 5) is 5.58. The molecule has 2 atom stereocenters. The van der Waals surface area contributed by atoms with Crippen LogP contribution in [0.4, 0.5) is 0 Å². The predicted octanol–water partition coefficient (Wildman–Crippen LogP) is 2.73. The summed E-state index contributed by atoms with van der Waals surface area (Å²) in [5, 5.41) is 0. The average molecular weight is 252 g/mol. The van der Waals surface area contributed by atoms with Crippen LogP contribution in [-0.2, 0) is 13.0 Å². The molecule has 2 rings (SSSR count). The lowest BCUT2D eigenvalue weighted by Crippen LogP contribution is -2.42. The first-order valence-corrected chi connectivity index (χ1v) is 7.54. The van der Waals surface area contributed by atoms with Crippen LogP contribution in [0.5, 0.6) is 0 Å². The summed E-state index contributed by atoms with van der Waals surface area (Å²) in [5.41, 5.74) is 5.85. The molecule has 2 unspecified atom stereocenters. The van der Waals surface area contributed by atoms with Gasteiger partial charge in [-0.25, -0.2) is 0 Å². The van der Waals surface area contributed by atoms with E-state index in [2.05, 4.69) is 30.9 Å². The van der Waals surface area contributed by atoms with Gasteiger partial charge in [-0.05, 0) is 49.9 Å². The van der Waals surface area contributed by atoms with Crippen molar-refractivity contribution in [3.05, 3.63) is 21.9 Å². The zero-order valence-electron chi connectivity index (χ0n) is 11.0. The maximum Gasteiger partial charge on any atom is 0.0328 e. The molecule has 0 amide bonds. The van der Waals surface area contributed by atoms with Crippen molar-refractivity contribution in [2.75, 3.05) is 19.6 Å². The highest BCUT2D eigenvalue weighted by Crippen LogP contribution is 2.25. The van der Waals surface area contributed by atoms with Crippen molar-refractivity contribution in [2.24, 2.45) is 17.6 Å². The van der Waals surface area contributed by atoms with Gasteiger partial charge in [0.1, 0.15) is 0 Å². The Hall–Kier alpha value is -0.380. The third-order valence-corrected chi connectivity index (χ3v) is 5.16. The number of rotatable bonds is 4. The second-order valence-corrected chi connectivity index (χ2v) is 6.47.